The van der Waals surface area contributed by atoms with Crippen molar-refractivity contribution >= 4 is 17.5 Å². The van der Waals surface area contributed by atoms with Gasteiger partial charge in [-0.15, -0.1) is 0 Å². The number of amides is 2. The molecule has 5 heteroatoms. The largest absolute Gasteiger partial charge is 0.339 e. The van der Waals surface area contributed by atoms with Crippen LogP contribution in [0, 0.1) is 11.8 Å². The molecule has 138 valence electrons. The van der Waals surface area contributed by atoms with Crippen LogP contribution in [0.15, 0.2) is 24.3 Å². The molecule has 1 aliphatic heterocycles. The summed E-state index contributed by atoms with van der Waals surface area (Å²) in [4.78, 5) is 28.8. The number of carbonyl (C=O) groups is 2. The Morgan fingerprint density at radius 3 is 2.40 bits per heavy atom. The van der Waals surface area contributed by atoms with E-state index in [1.165, 1.54) is 6.42 Å². The van der Waals surface area contributed by atoms with E-state index < -0.39 is 0 Å². The molecule has 1 aromatic carbocycles. The first-order chi connectivity index (χ1) is 11.9. The van der Waals surface area contributed by atoms with Crippen molar-refractivity contribution in [2.24, 2.45) is 11.8 Å². The SMILES string of the molecule is CCN(CC)C(=O)c1cccc(NC(=O)CN2C[C@@H](C)C[C@H](C)C2)c1. The monoisotopic (exact) mass is 345 g/mol. The molecule has 0 bridgehead atoms. The van der Waals surface area contributed by atoms with Crippen molar-refractivity contribution in [1.29, 1.82) is 0 Å². The van der Waals surface area contributed by atoms with Crippen LogP contribution in [-0.2, 0) is 4.79 Å². The Bertz CT molecular complexity index is 588. The molecule has 0 aliphatic carbocycles. The number of carbonyl (C=O) groups excluding carboxylic acids is 2. The molecule has 0 radical (unpaired) electrons. The van der Waals surface area contributed by atoms with Crippen molar-refractivity contribution < 1.29 is 9.59 Å². The van der Waals surface area contributed by atoms with Gasteiger partial charge < -0.3 is 10.2 Å². The molecule has 1 heterocycles. The first-order valence-electron chi connectivity index (χ1n) is 9.34. The molecular weight excluding hydrogens is 314 g/mol. The van der Waals surface area contributed by atoms with Crippen LogP contribution in [0.25, 0.3) is 0 Å². The van der Waals surface area contributed by atoms with Gasteiger partial charge in [-0.1, -0.05) is 19.9 Å². The van der Waals surface area contributed by atoms with Crippen molar-refractivity contribution in [3.8, 4) is 0 Å². The van der Waals surface area contributed by atoms with Crippen molar-refractivity contribution in [1.82, 2.24) is 9.80 Å². The fourth-order valence-corrected chi connectivity index (χ4v) is 3.75. The summed E-state index contributed by atoms with van der Waals surface area (Å²) in [6.45, 7) is 12.1. The number of piperidine rings is 1. The summed E-state index contributed by atoms with van der Waals surface area (Å²) in [6, 6.07) is 7.21. The lowest BCUT2D eigenvalue weighted by atomic mass is 9.92. The molecule has 1 saturated heterocycles. The van der Waals surface area contributed by atoms with Gasteiger partial charge in [0, 0.05) is 37.4 Å². The van der Waals surface area contributed by atoms with E-state index >= 15 is 0 Å². The number of rotatable bonds is 6. The van der Waals surface area contributed by atoms with Gasteiger partial charge in [0.2, 0.25) is 5.91 Å². The molecule has 25 heavy (non-hydrogen) atoms. The highest BCUT2D eigenvalue weighted by molar-refractivity contribution is 5.97. The number of hydrogen-bond acceptors (Lipinski definition) is 3. The lowest BCUT2D eigenvalue weighted by Crippen LogP contribution is -2.42. The number of anilines is 1. The van der Waals surface area contributed by atoms with Crippen molar-refractivity contribution in [2.75, 3.05) is 38.0 Å². The summed E-state index contributed by atoms with van der Waals surface area (Å²) in [5.41, 5.74) is 1.29. The standard InChI is InChI=1S/C20H31N3O2/c1-5-23(6-2)20(25)17-8-7-9-18(11-17)21-19(24)14-22-12-15(3)10-16(4)13-22/h7-9,11,15-16H,5-6,10,12-14H2,1-4H3,(H,21,24)/t15-,16-/m0/s1. The van der Waals surface area contributed by atoms with Crippen LogP contribution in [0.5, 0.6) is 0 Å². The zero-order chi connectivity index (χ0) is 18.4. The van der Waals surface area contributed by atoms with Crippen LogP contribution in [0.1, 0.15) is 44.5 Å². The Kier molecular flexibility index (Phi) is 7.00. The van der Waals surface area contributed by atoms with Crippen molar-refractivity contribution in [3.63, 3.8) is 0 Å². The van der Waals surface area contributed by atoms with Gasteiger partial charge in [-0.2, -0.15) is 0 Å². The lowest BCUT2D eigenvalue weighted by molar-refractivity contribution is -0.117. The second-order valence-corrected chi connectivity index (χ2v) is 7.25. The van der Waals surface area contributed by atoms with E-state index in [0.717, 1.165) is 13.1 Å². The van der Waals surface area contributed by atoms with Gasteiger partial charge in [-0.3, -0.25) is 14.5 Å². The number of likely N-dealkylation sites (tertiary alicyclic amines) is 1. The Morgan fingerprint density at radius 2 is 1.80 bits per heavy atom. The van der Waals surface area contributed by atoms with Crippen LogP contribution >= 0.6 is 0 Å². The molecule has 0 unspecified atom stereocenters. The van der Waals surface area contributed by atoms with E-state index in [2.05, 4.69) is 24.1 Å². The fourth-order valence-electron chi connectivity index (χ4n) is 3.75. The highest BCUT2D eigenvalue weighted by Crippen LogP contribution is 2.20. The maximum Gasteiger partial charge on any atom is 0.253 e. The number of nitrogens with zero attached hydrogens (tertiary/aromatic N) is 2. The first kappa shape index (κ1) is 19.4. The zero-order valence-electron chi connectivity index (χ0n) is 15.9. The van der Waals surface area contributed by atoms with Gasteiger partial charge >= 0.3 is 0 Å². The molecule has 2 rings (SSSR count). The van der Waals surface area contributed by atoms with E-state index in [1.54, 1.807) is 17.0 Å². The highest BCUT2D eigenvalue weighted by Gasteiger charge is 2.23. The predicted molar refractivity (Wildman–Crippen MR) is 102 cm³/mol. The van der Waals surface area contributed by atoms with E-state index in [-0.39, 0.29) is 11.8 Å². The molecule has 0 saturated carbocycles. The highest BCUT2D eigenvalue weighted by atomic mass is 16.2. The number of hydrogen-bond donors (Lipinski definition) is 1. The quantitative estimate of drug-likeness (QED) is 0.862. The maximum absolute atomic E-state index is 12.4. The molecule has 2 amide bonds. The molecular formula is C20H31N3O2. The van der Waals surface area contributed by atoms with Gasteiger partial charge in [0.1, 0.15) is 0 Å². The minimum Gasteiger partial charge on any atom is -0.339 e. The Hall–Kier alpha value is -1.88. The molecule has 5 nitrogen and oxygen atoms in total. The Labute approximate surface area is 151 Å². The molecule has 1 aromatic rings. The van der Waals surface area contributed by atoms with E-state index in [0.29, 0.717) is 42.7 Å². The number of benzene rings is 1. The van der Waals surface area contributed by atoms with E-state index in [1.807, 2.05) is 26.0 Å². The molecule has 1 N–H and O–H groups in total. The average Bonchev–Trinajstić information content (AvgIpc) is 2.55. The topological polar surface area (TPSA) is 52.7 Å². The summed E-state index contributed by atoms with van der Waals surface area (Å²) in [5.74, 6) is 1.24. The van der Waals surface area contributed by atoms with Gasteiger partial charge in [0.15, 0.2) is 0 Å². The second kappa shape index (κ2) is 8.99. The molecule has 2 atom stereocenters. The third kappa shape index (κ3) is 5.56. The van der Waals surface area contributed by atoms with E-state index in [9.17, 15) is 9.59 Å². The third-order valence-electron chi connectivity index (χ3n) is 4.76. The smallest absolute Gasteiger partial charge is 0.253 e. The van der Waals surface area contributed by atoms with Crippen molar-refractivity contribution in [3.05, 3.63) is 29.8 Å². The van der Waals surface area contributed by atoms with Crippen LogP contribution in [0.3, 0.4) is 0 Å². The number of nitrogens with one attached hydrogen (secondary N) is 1. The molecule has 0 aromatic heterocycles. The average molecular weight is 345 g/mol. The predicted octanol–water partition coefficient (Wildman–Crippen LogP) is 3.09. The van der Waals surface area contributed by atoms with Gasteiger partial charge in [-0.05, 0) is 50.3 Å². The van der Waals surface area contributed by atoms with Crippen LogP contribution in [-0.4, -0.2) is 54.3 Å². The fraction of sp³-hybridized carbons (Fsp3) is 0.600. The van der Waals surface area contributed by atoms with Crippen molar-refractivity contribution in [2.45, 2.75) is 34.1 Å². The van der Waals surface area contributed by atoms with Crippen LogP contribution in [0.4, 0.5) is 5.69 Å². The summed E-state index contributed by atoms with van der Waals surface area (Å²) in [5, 5.41) is 2.94. The Balaban J connectivity index is 1.97. The summed E-state index contributed by atoms with van der Waals surface area (Å²) in [7, 11) is 0. The third-order valence-corrected chi connectivity index (χ3v) is 4.76. The van der Waals surface area contributed by atoms with Crippen LogP contribution in [0.2, 0.25) is 0 Å². The second-order valence-electron chi connectivity index (χ2n) is 7.25. The first-order valence-corrected chi connectivity index (χ1v) is 9.34. The van der Waals surface area contributed by atoms with Gasteiger partial charge in [0.25, 0.3) is 5.91 Å². The minimum atomic E-state index is -0.0197. The minimum absolute atomic E-state index is 0.000205. The van der Waals surface area contributed by atoms with E-state index in [4.69, 9.17) is 0 Å². The molecule has 1 fully saturated rings. The summed E-state index contributed by atoms with van der Waals surface area (Å²) < 4.78 is 0. The van der Waals surface area contributed by atoms with Gasteiger partial charge in [-0.25, -0.2) is 0 Å². The molecule has 1 aliphatic rings. The normalized spacial score (nSPS) is 21.0. The Morgan fingerprint density at radius 1 is 1.16 bits per heavy atom. The summed E-state index contributed by atoms with van der Waals surface area (Å²) >= 11 is 0. The van der Waals surface area contributed by atoms with Crippen LogP contribution < -0.4 is 5.32 Å². The lowest BCUT2D eigenvalue weighted by Gasteiger charge is -2.34. The summed E-state index contributed by atoms with van der Waals surface area (Å²) in [6.07, 6.45) is 1.23. The zero-order valence-corrected chi connectivity index (χ0v) is 15.9. The van der Waals surface area contributed by atoms with Gasteiger partial charge in [0.05, 0.1) is 6.54 Å². The molecule has 0 spiro atoms. The maximum atomic E-state index is 12.4.